The molecule has 5 nitrogen and oxygen atoms in total. The van der Waals surface area contributed by atoms with E-state index in [-0.39, 0.29) is 18.1 Å². The van der Waals surface area contributed by atoms with E-state index in [0.29, 0.717) is 23.7 Å². The van der Waals surface area contributed by atoms with E-state index in [2.05, 4.69) is 17.1 Å². The van der Waals surface area contributed by atoms with Crippen molar-refractivity contribution in [1.29, 1.82) is 0 Å². The number of carbonyl (C=O) groups is 1. The van der Waals surface area contributed by atoms with Crippen LogP contribution in [0.1, 0.15) is 23.1 Å². The number of rotatable bonds is 5. The number of ether oxygens (including phenoxy) is 1. The summed E-state index contributed by atoms with van der Waals surface area (Å²) in [7, 11) is 0. The van der Waals surface area contributed by atoms with Crippen molar-refractivity contribution in [3.8, 4) is 0 Å². The highest BCUT2D eigenvalue weighted by atomic mass is 32.2. The van der Waals surface area contributed by atoms with Crippen LogP contribution in [0.5, 0.6) is 0 Å². The molecule has 0 saturated carbocycles. The number of carbonyl (C=O) groups excluding carboxylic acids is 1. The average Bonchev–Trinajstić information content (AvgIpc) is 3.32. The summed E-state index contributed by atoms with van der Waals surface area (Å²) in [6.45, 7) is 4.40. The molecule has 3 aromatic rings. The molecule has 1 spiro atoms. The zero-order valence-corrected chi connectivity index (χ0v) is 19.6. The molecule has 0 aliphatic carbocycles. The van der Waals surface area contributed by atoms with E-state index in [4.69, 9.17) is 4.74 Å². The summed E-state index contributed by atoms with van der Waals surface area (Å²) in [6.07, 6.45) is 1.90. The van der Waals surface area contributed by atoms with Gasteiger partial charge in [-0.3, -0.25) is 10.3 Å². The zero-order valence-electron chi connectivity index (χ0n) is 18.8. The Labute approximate surface area is 206 Å². The average molecular weight is 492 g/mol. The molecule has 35 heavy (non-hydrogen) atoms. The number of anilines is 1. The first-order valence-electron chi connectivity index (χ1n) is 11.2. The highest BCUT2D eigenvalue weighted by molar-refractivity contribution is 8.15. The van der Waals surface area contributed by atoms with Gasteiger partial charge in [0.25, 0.3) is 0 Å². The molecule has 0 radical (unpaired) electrons. The van der Waals surface area contributed by atoms with Gasteiger partial charge in [0.2, 0.25) is 0 Å². The molecule has 2 unspecified atom stereocenters. The van der Waals surface area contributed by atoms with E-state index in [1.807, 2.05) is 54.6 Å². The fraction of sp³-hybridized carbons (Fsp3) is 0.185. The predicted octanol–water partition coefficient (Wildman–Crippen LogP) is 6.16. The van der Waals surface area contributed by atoms with Crippen molar-refractivity contribution in [3.05, 3.63) is 114 Å². The number of hydrogen-bond acceptors (Lipinski definition) is 5. The predicted molar refractivity (Wildman–Crippen MR) is 134 cm³/mol. The number of hydrazone groups is 1. The van der Waals surface area contributed by atoms with Crippen LogP contribution in [0.3, 0.4) is 0 Å². The largest absolute Gasteiger partial charge is 0.444 e. The number of nitrogens with one attached hydrogen (secondary N) is 1. The van der Waals surface area contributed by atoms with Crippen LogP contribution in [0.4, 0.5) is 19.3 Å². The van der Waals surface area contributed by atoms with Crippen molar-refractivity contribution in [2.75, 3.05) is 11.4 Å². The van der Waals surface area contributed by atoms with Crippen LogP contribution in [0.15, 0.2) is 90.6 Å². The first-order chi connectivity index (χ1) is 17.0. The van der Waals surface area contributed by atoms with Gasteiger partial charge in [-0.1, -0.05) is 66.4 Å². The van der Waals surface area contributed by atoms with Crippen molar-refractivity contribution >= 4 is 28.6 Å². The van der Waals surface area contributed by atoms with Gasteiger partial charge in [0.1, 0.15) is 28.2 Å². The number of nitrogens with zero attached hydrogens (tertiary/aromatic N) is 2. The number of halogens is 2. The monoisotopic (exact) mass is 491 g/mol. The lowest BCUT2D eigenvalue weighted by Gasteiger charge is -2.45. The van der Waals surface area contributed by atoms with E-state index in [0.717, 1.165) is 29.3 Å². The molecule has 8 heteroatoms. The Kier molecular flexibility index (Phi) is 6.30. The summed E-state index contributed by atoms with van der Waals surface area (Å²) < 4.78 is 34.1. The number of thioether (sulfide) groups is 1. The Morgan fingerprint density at radius 3 is 2.74 bits per heavy atom. The molecule has 2 aliphatic rings. The third-order valence-electron chi connectivity index (χ3n) is 6.19. The standard InChI is InChI=1S/C27H23F2N3O2S/c1-2-8-19-16-32(26(33)34-17-18-9-4-3-5-10-18)24-12-7-6-11-22(24)27(19)31-30-25(35-27)21-15-20(28)13-14-23(21)29/h2-7,9-15,19,31H,1,8,16-17H2. The van der Waals surface area contributed by atoms with Gasteiger partial charge in [-0.2, -0.15) is 5.10 Å². The Hall–Kier alpha value is -3.65. The first kappa shape index (κ1) is 23.1. The quantitative estimate of drug-likeness (QED) is 0.434. The Balaban J connectivity index is 1.47. The maximum Gasteiger partial charge on any atom is 0.414 e. The Morgan fingerprint density at radius 2 is 1.94 bits per heavy atom. The van der Waals surface area contributed by atoms with Gasteiger partial charge in [-0.25, -0.2) is 13.6 Å². The van der Waals surface area contributed by atoms with Crippen LogP contribution in [-0.4, -0.2) is 17.7 Å². The molecule has 2 heterocycles. The minimum Gasteiger partial charge on any atom is -0.444 e. The molecule has 2 aliphatic heterocycles. The molecule has 1 amide bonds. The Morgan fingerprint density at radius 1 is 1.17 bits per heavy atom. The minimum atomic E-state index is -0.783. The topological polar surface area (TPSA) is 53.9 Å². The Bertz CT molecular complexity index is 1300. The molecule has 5 rings (SSSR count). The molecule has 0 bridgehead atoms. The van der Waals surface area contributed by atoms with Gasteiger partial charge in [0, 0.05) is 23.6 Å². The maximum absolute atomic E-state index is 14.5. The van der Waals surface area contributed by atoms with Gasteiger partial charge >= 0.3 is 6.09 Å². The highest BCUT2D eigenvalue weighted by Gasteiger charge is 2.52. The molecular formula is C27H23F2N3O2S. The van der Waals surface area contributed by atoms with Gasteiger partial charge < -0.3 is 4.74 Å². The van der Waals surface area contributed by atoms with E-state index in [9.17, 15) is 13.6 Å². The van der Waals surface area contributed by atoms with E-state index >= 15 is 0 Å². The lowest BCUT2D eigenvalue weighted by atomic mass is 9.84. The first-order valence-corrected chi connectivity index (χ1v) is 12.0. The van der Waals surface area contributed by atoms with Crippen LogP contribution in [-0.2, 0) is 16.2 Å². The minimum absolute atomic E-state index is 0.0962. The molecule has 0 saturated heterocycles. The lowest BCUT2D eigenvalue weighted by Crippen LogP contribution is -2.52. The molecular weight excluding hydrogens is 468 g/mol. The van der Waals surface area contributed by atoms with Gasteiger partial charge in [0.05, 0.1) is 5.69 Å². The maximum atomic E-state index is 14.5. The van der Waals surface area contributed by atoms with Crippen molar-refractivity contribution in [1.82, 2.24) is 5.43 Å². The van der Waals surface area contributed by atoms with Crippen molar-refractivity contribution in [2.45, 2.75) is 17.9 Å². The van der Waals surface area contributed by atoms with Crippen molar-refractivity contribution < 1.29 is 18.3 Å². The normalized spacial score (nSPS) is 20.7. The molecule has 178 valence electrons. The number of fused-ring (bicyclic) bond motifs is 2. The summed E-state index contributed by atoms with van der Waals surface area (Å²) in [5.41, 5.74) is 5.70. The summed E-state index contributed by atoms with van der Waals surface area (Å²) in [4.78, 5) is 14.0. The fourth-order valence-corrected chi connectivity index (χ4v) is 5.87. The van der Waals surface area contributed by atoms with Crippen LogP contribution >= 0.6 is 11.8 Å². The van der Waals surface area contributed by atoms with Gasteiger partial charge in [-0.15, -0.1) is 6.58 Å². The molecule has 3 aromatic carbocycles. The van der Waals surface area contributed by atoms with Crippen LogP contribution in [0, 0.1) is 17.6 Å². The summed E-state index contributed by atoms with van der Waals surface area (Å²) >= 11 is 1.33. The van der Waals surface area contributed by atoms with Crippen LogP contribution in [0.2, 0.25) is 0 Å². The lowest BCUT2D eigenvalue weighted by molar-refractivity contribution is 0.143. The fourth-order valence-electron chi connectivity index (χ4n) is 4.50. The second-order valence-corrected chi connectivity index (χ2v) is 9.61. The van der Waals surface area contributed by atoms with E-state index in [1.165, 1.54) is 11.8 Å². The summed E-state index contributed by atoms with van der Waals surface area (Å²) in [5.74, 6) is -1.25. The van der Waals surface area contributed by atoms with Crippen LogP contribution in [0.25, 0.3) is 0 Å². The van der Waals surface area contributed by atoms with Gasteiger partial charge in [0.15, 0.2) is 0 Å². The van der Waals surface area contributed by atoms with Crippen LogP contribution < -0.4 is 10.3 Å². The molecule has 0 aromatic heterocycles. The summed E-state index contributed by atoms with van der Waals surface area (Å²) in [6, 6.07) is 20.3. The second-order valence-electron chi connectivity index (χ2n) is 8.38. The zero-order chi connectivity index (χ0) is 24.4. The third kappa shape index (κ3) is 4.30. The molecule has 0 fully saturated rings. The third-order valence-corrected chi connectivity index (χ3v) is 7.66. The number of allylic oxidation sites excluding steroid dienone is 1. The highest BCUT2D eigenvalue weighted by Crippen LogP contribution is 2.53. The smallest absolute Gasteiger partial charge is 0.414 e. The second kappa shape index (κ2) is 9.54. The summed E-state index contributed by atoms with van der Waals surface area (Å²) in [5, 5.41) is 4.77. The van der Waals surface area contributed by atoms with Crippen molar-refractivity contribution in [3.63, 3.8) is 0 Å². The van der Waals surface area contributed by atoms with E-state index < -0.39 is 22.6 Å². The number of para-hydroxylation sites is 1. The van der Waals surface area contributed by atoms with Crippen molar-refractivity contribution in [2.24, 2.45) is 11.0 Å². The molecule has 2 atom stereocenters. The number of hydrogen-bond donors (Lipinski definition) is 1. The number of benzene rings is 3. The van der Waals surface area contributed by atoms with Gasteiger partial charge in [-0.05, 0) is 36.2 Å². The molecule has 1 N–H and O–H groups in total. The SMILES string of the molecule is C=CCC1CN(C(=O)OCc2ccccc2)c2ccccc2C12NN=C(c1cc(F)ccc1F)S2. The number of amides is 1. The van der Waals surface area contributed by atoms with E-state index in [1.54, 1.807) is 11.0 Å².